The zero-order valence-electron chi connectivity index (χ0n) is 12.6. The summed E-state index contributed by atoms with van der Waals surface area (Å²) < 4.78 is 7.18. The van der Waals surface area contributed by atoms with Crippen LogP contribution in [0, 0.1) is 6.92 Å². The maximum Gasteiger partial charge on any atom is 0.289 e. The molecule has 1 aliphatic heterocycles. The molecule has 22 heavy (non-hydrogen) atoms. The van der Waals surface area contributed by atoms with Crippen LogP contribution >= 0.6 is 0 Å². The maximum absolute atomic E-state index is 12.3. The Bertz CT molecular complexity index is 703. The molecule has 116 valence electrons. The van der Waals surface area contributed by atoms with Crippen LogP contribution < -0.4 is 5.32 Å². The molecule has 3 heterocycles. The largest absolute Gasteiger partial charge is 0.456 e. The van der Waals surface area contributed by atoms with Gasteiger partial charge in [0.2, 0.25) is 5.91 Å². The first-order valence-corrected chi connectivity index (χ1v) is 7.21. The van der Waals surface area contributed by atoms with E-state index in [0.717, 1.165) is 12.2 Å². The van der Waals surface area contributed by atoms with E-state index in [-0.39, 0.29) is 17.9 Å². The van der Waals surface area contributed by atoms with Crippen molar-refractivity contribution in [2.45, 2.75) is 26.3 Å². The molecule has 0 saturated carbocycles. The molecule has 0 radical (unpaired) electrons. The second-order valence-corrected chi connectivity index (χ2v) is 5.47. The van der Waals surface area contributed by atoms with Crippen LogP contribution in [0.1, 0.15) is 35.7 Å². The zero-order chi connectivity index (χ0) is 15.7. The molecule has 1 fully saturated rings. The Hall–Kier alpha value is -2.57. The summed E-state index contributed by atoms with van der Waals surface area (Å²) >= 11 is 0. The van der Waals surface area contributed by atoms with Crippen molar-refractivity contribution in [3.8, 4) is 0 Å². The fourth-order valence-electron chi connectivity index (χ4n) is 2.64. The van der Waals surface area contributed by atoms with E-state index >= 15 is 0 Å². The summed E-state index contributed by atoms with van der Waals surface area (Å²) in [6.45, 7) is 4.51. The van der Waals surface area contributed by atoms with Gasteiger partial charge < -0.3 is 14.6 Å². The van der Waals surface area contributed by atoms with E-state index in [1.165, 1.54) is 6.92 Å². The fourth-order valence-corrected chi connectivity index (χ4v) is 2.64. The van der Waals surface area contributed by atoms with Crippen molar-refractivity contribution in [3.63, 3.8) is 0 Å². The lowest BCUT2D eigenvalue weighted by molar-refractivity contribution is -0.114. The minimum Gasteiger partial charge on any atom is -0.456 e. The number of aryl methyl sites for hydroxylation is 1. The summed E-state index contributed by atoms with van der Waals surface area (Å²) in [6, 6.07) is 5.35. The van der Waals surface area contributed by atoms with Crippen molar-refractivity contribution >= 4 is 17.6 Å². The SMILES string of the molecule is CC(=O)Nc1ccn([C@H]2CCN(C(=O)c3ccc(C)o3)C2)n1. The molecular formula is C15H18N4O3. The van der Waals surface area contributed by atoms with Crippen molar-refractivity contribution < 1.29 is 14.0 Å². The van der Waals surface area contributed by atoms with Crippen LogP contribution in [0.4, 0.5) is 5.82 Å². The lowest BCUT2D eigenvalue weighted by atomic mass is 10.3. The quantitative estimate of drug-likeness (QED) is 0.938. The van der Waals surface area contributed by atoms with Crippen LogP contribution in [0.5, 0.6) is 0 Å². The minimum absolute atomic E-state index is 0.0927. The molecule has 3 rings (SSSR count). The van der Waals surface area contributed by atoms with Crippen molar-refractivity contribution in [1.82, 2.24) is 14.7 Å². The molecule has 1 atom stereocenters. The van der Waals surface area contributed by atoms with Gasteiger partial charge in [-0.1, -0.05) is 0 Å². The summed E-state index contributed by atoms with van der Waals surface area (Å²) in [6.07, 6.45) is 2.65. The lowest BCUT2D eigenvalue weighted by Gasteiger charge is -2.15. The first-order chi connectivity index (χ1) is 10.5. The van der Waals surface area contributed by atoms with Crippen LogP contribution in [0.25, 0.3) is 0 Å². The molecule has 1 N–H and O–H groups in total. The number of aromatic nitrogens is 2. The van der Waals surface area contributed by atoms with E-state index in [0.29, 0.717) is 24.7 Å². The van der Waals surface area contributed by atoms with Gasteiger partial charge in [-0.15, -0.1) is 0 Å². The standard InChI is InChI=1S/C15H18N4O3/c1-10-3-4-13(22-10)15(21)18-7-5-12(9-18)19-8-6-14(17-19)16-11(2)20/h3-4,6,8,12H,5,7,9H2,1-2H3,(H,16,17,20)/t12-/m0/s1. The maximum atomic E-state index is 12.3. The highest BCUT2D eigenvalue weighted by atomic mass is 16.3. The Morgan fingerprint density at radius 2 is 2.18 bits per heavy atom. The average molecular weight is 302 g/mol. The number of carbonyl (C=O) groups excluding carboxylic acids is 2. The highest BCUT2D eigenvalue weighted by molar-refractivity contribution is 5.91. The third-order valence-corrected chi connectivity index (χ3v) is 3.69. The summed E-state index contributed by atoms with van der Waals surface area (Å²) in [5, 5.41) is 6.97. The molecule has 0 aliphatic carbocycles. The van der Waals surface area contributed by atoms with Gasteiger partial charge in [-0.25, -0.2) is 0 Å². The number of anilines is 1. The molecule has 2 aromatic rings. The zero-order valence-corrected chi connectivity index (χ0v) is 12.6. The molecule has 2 amide bonds. The van der Waals surface area contributed by atoms with E-state index in [2.05, 4.69) is 10.4 Å². The van der Waals surface area contributed by atoms with E-state index in [1.807, 2.05) is 13.1 Å². The predicted octanol–water partition coefficient (Wildman–Crippen LogP) is 1.83. The second-order valence-electron chi connectivity index (χ2n) is 5.47. The van der Waals surface area contributed by atoms with Crippen molar-refractivity contribution in [1.29, 1.82) is 0 Å². The van der Waals surface area contributed by atoms with Crippen LogP contribution in [-0.4, -0.2) is 39.6 Å². The molecule has 0 aromatic carbocycles. The van der Waals surface area contributed by atoms with Gasteiger partial charge in [-0.3, -0.25) is 14.3 Å². The molecule has 0 spiro atoms. The number of nitrogens with one attached hydrogen (secondary N) is 1. The van der Waals surface area contributed by atoms with Crippen LogP contribution in [0.15, 0.2) is 28.8 Å². The Kier molecular flexibility index (Phi) is 3.70. The van der Waals surface area contributed by atoms with Gasteiger partial charge in [0, 0.05) is 32.3 Å². The third kappa shape index (κ3) is 2.88. The number of amides is 2. The van der Waals surface area contributed by atoms with Crippen LogP contribution in [0.3, 0.4) is 0 Å². The molecule has 0 bridgehead atoms. The highest BCUT2D eigenvalue weighted by Gasteiger charge is 2.29. The predicted molar refractivity (Wildman–Crippen MR) is 79.5 cm³/mol. The van der Waals surface area contributed by atoms with Gasteiger partial charge in [-0.2, -0.15) is 5.10 Å². The number of likely N-dealkylation sites (tertiary alicyclic amines) is 1. The van der Waals surface area contributed by atoms with E-state index in [4.69, 9.17) is 4.42 Å². The molecular weight excluding hydrogens is 284 g/mol. The fraction of sp³-hybridized carbons (Fsp3) is 0.400. The van der Waals surface area contributed by atoms with Gasteiger partial charge in [0.1, 0.15) is 5.76 Å². The summed E-state index contributed by atoms with van der Waals surface area (Å²) in [7, 11) is 0. The van der Waals surface area contributed by atoms with Gasteiger partial charge in [0.05, 0.1) is 6.04 Å². The Labute approximate surface area is 127 Å². The number of rotatable bonds is 3. The minimum atomic E-state index is -0.151. The molecule has 7 nitrogen and oxygen atoms in total. The normalized spacial score (nSPS) is 17.7. The van der Waals surface area contributed by atoms with Crippen molar-refractivity contribution in [3.05, 3.63) is 35.9 Å². The Morgan fingerprint density at radius 3 is 2.86 bits per heavy atom. The van der Waals surface area contributed by atoms with E-state index in [1.54, 1.807) is 27.8 Å². The Balaban J connectivity index is 1.65. The van der Waals surface area contributed by atoms with Gasteiger partial charge >= 0.3 is 0 Å². The van der Waals surface area contributed by atoms with Gasteiger partial charge in [-0.05, 0) is 25.5 Å². The second kappa shape index (κ2) is 5.67. The first-order valence-electron chi connectivity index (χ1n) is 7.21. The topological polar surface area (TPSA) is 80.4 Å². The monoisotopic (exact) mass is 302 g/mol. The van der Waals surface area contributed by atoms with E-state index in [9.17, 15) is 9.59 Å². The smallest absolute Gasteiger partial charge is 0.289 e. The third-order valence-electron chi connectivity index (χ3n) is 3.69. The van der Waals surface area contributed by atoms with Gasteiger partial charge in [0.25, 0.3) is 5.91 Å². The first kappa shape index (κ1) is 14.4. The Morgan fingerprint density at radius 1 is 1.36 bits per heavy atom. The summed E-state index contributed by atoms with van der Waals surface area (Å²) in [4.78, 5) is 25.1. The van der Waals surface area contributed by atoms with Crippen molar-refractivity contribution in [2.75, 3.05) is 18.4 Å². The lowest BCUT2D eigenvalue weighted by Crippen LogP contribution is -2.28. The van der Waals surface area contributed by atoms with E-state index < -0.39 is 0 Å². The number of hydrogen-bond donors (Lipinski definition) is 1. The molecule has 0 unspecified atom stereocenters. The summed E-state index contributed by atoms with van der Waals surface area (Å²) in [5.74, 6) is 1.38. The summed E-state index contributed by atoms with van der Waals surface area (Å²) in [5.41, 5.74) is 0. The van der Waals surface area contributed by atoms with Crippen LogP contribution in [0.2, 0.25) is 0 Å². The number of carbonyl (C=O) groups is 2. The molecule has 1 saturated heterocycles. The number of nitrogens with zero attached hydrogens (tertiary/aromatic N) is 3. The van der Waals surface area contributed by atoms with Gasteiger partial charge in [0.15, 0.2) is 11.6 Å². The van der Waals surface area contributed by atoms with Crippen molar-refractivity contribution in [2.24, 2.45) is 0 Å². The molecule has 2 aromatic heterocycles. The number of furan rings is 1. The molecule has 7 heteroatoms. The average Bonchev–Trinajstić information content (AvgIpc) is 3.16. The molecule has 1 aliphatic rings. The highest BCUT2D eigenvalue weighted by Crippen LogP contribution is 2.24. The number of hydrogen-bond acceptors (Lipinski definition) is 4. The van der Waals surface area contributed by atoms with Crippen LogP contribution in [-0.2, 0) is 4.79 Å².